The lowest BCUT2D eigenvalue weighted by Crippen LogP contribution is -2.60. The van der Waals surface area contributed by atoms with Gasteiger partial charge >= 0.3 is 0 Å². The maximum atomic E-state index is 13.2. The summed E-state index contributed by atoms with van der Waals surface area (Å²) >= 11 is 0. The van der Waals surface area contributed by atoms with Gasteiger partial charge in [0.25, 0.3) is 0 Å². The molecule has 1 fully saturated rings. The van der Waals surface area contributed by atoms with Gasteiger partial charge in [-0.25, -0.2) is 0 Å². The van der Waals surface area contributed by atoms with Crippen molar-refractivity contribution in [3.8, 4) is 0 Å². The van der Waals surface area contributed by atoms with E-state index in [2.05, 4.69) is 43.5 Å². The number of aliphatic hydroxyl groups is 5. The smallest absolute Gasteiger partial charge is 0.220 e. The Hall–Kier alpha value is -1.33. The maximum Gasteiger partial charge on any atom is 0.220 e. The molecule has 1 saturated heterocycles. The molecule has 0 spiro atoms. The second-order valence-electron chi connectivity index (χ2n) is 26.1. The normalized spacial score (nSPS) is 18.3. The predicted molar refractivity (Wildman–Crippen MR) is 355 cm³/mol. The van der Waals surface area contributed by atoms with Crippen molar-refractivity contribution < 1.29 is 39.8 Å². The van der Waals surface area contributed by atoms with Crippen LogP contribution in [0.3, 0.4) is 0 Å². The van der Waals surface area contributed by atoms with Crippen LogP contribution in [0.4, 0.5) is 0 Å². The van der Waals surface area contributed by atoms with Crippen molar-refractivity contribution >= 4 is 5.91 Å². The van der Waals surface area contributed by atoms with Crippen molar-refractivity contribution in [1.82, 2.24) is 5.32 Å². The minimum absolute atomic E-state index is 0.133. The monoisotopic (exact) mass is 1170 g/mol. The standard InChI is InChI=1S/C74H143NO8/c1-3-5-7-9-11-13-15-17-19-21-23-25-27-29-31-33-34-36-38-40-42-44-46-48-50-52-54-56-58-60-62-64-70(78)75-67(66-82-74-73(81)72(80)71(79)69(65-76)83-74)68(77)63-61-59-57-55-53-51-49-47-45-43-41-39-37-35-32-30-28-26-24-22-20-18-16-14-12-10-8-6-4-2/h15,17,21,23,67-69,71-74,76-77,79-81H,3-14,16,18-20,22,24-66H2,1-2H3,(H,75,78)/b17-15-,23-21-. The fourth-order valence-corrected chi connectivity index (χ4v) is 12.3. The number of rotatable bonds is 66. The molecule has 7 unspecified atom stereocenters. The van der Waals surface area contributed by atoms with Gasteiger partial charge in [0.15, 0.2) is 6.29 Å². The molecule has 0 aromatic heterocycles. The summed E-state index contributed by atoms with van der Waals surface area (Å²) < 4.78 is 11.4. The molecule has 1 rings (SSSR count). The molecule has 1 aliphatic rings. The Kier molecular flexibility index (Phi) is 61.1. The van der Waals surface area contributed by atoms with Crippen LogP contribution in [0.1, 0.15) is 386 Å². The lowest BCUT2D eigenvalue weighted by Gasteiger charge is -2.40. The van der Waals surface area contributed by atoms with E-state index in [-0.39, 0.29) is 12.5 Å². The Labute approximate surface area is 515 Å². The zero-order chi connectivity index (χ0) is 60.0. The van der Waals surface area contributed by atoms with Gasteiger partial charge in [-0.3, -0.25) is 4.79 Å². The highest BCUT2D eigenvalue weighted by atomic mass is 16.7. The zero-order valence-electron chi connectivity index (χ0n) is 55.2. The summed E-state index contributed by atoms with van der Waals surface area (Å²) in [5.74, 6) is -0.135. The van der Waals surface area contributed by atoms with E-state index in [4.69, 9.17) is 9.47 Å². The van der Waals surface area contributed by atoms with Crippen LogP contribution in [0, 0.1) is 0 Å². The molecule has 1 heterocycles. The number of nitrogens with one attached hydrogen (secondary N) is 1. The Balaban J connectivity index is 2.08. The Morgan fingerprint density at radius 1 is 0.410 bits per heavy atom. The molecule has 0 saturated carbocycles. The number of carbonyl (C=O) groups is 1. The lowest BCUT2D eigenvalue weighted by atomic mass is 9.99. The molecule has 0 bridgehead atoms. The summed E-state index contributed by atoms with van der Waals surface area (Å²) in [7, 11) is 0. The highest BCUT2D eigenvalue weighted by Crippen LogP contribution is 2.24. The first-order valence-corrected chi connectivity index (χ1v) is 37.0. The van der Waals surface area contributed by atoms with Crippen molar-refractivity contribution in [3.63, 3.8) is 0 Å². The number of ether oxygens (including phenoxy) is 2. The molecule has 9 heteroatoms. The Morgan fingerprint density at radius 3 is 1.04 bits per heavy atom. The summed E-state index contributed by atoms with van der Waals surface area (Å²) in [6.07, 6.45) is 76.9. The first kappa shape index (κ1) is 79.7. The van der Waals surface area contributed by atoms with Crippen LogP contribution in [0.25, 0.3) is 0 Å². The summed E-state index contributed by atoms with van der Waals surface area (Å²) in [5, 5.41) is 55.0. The molecule has 1 aliphatic heterocycles. The van der Waals surface area contributed by atoms with Gasteiger partial charge < -0.3 is 40.3 Å². The summed E-state index contributed by atoms with van der Waals surface area (Å²) in [6.45, 7) is 3.89. The van der Waals surface area contributed by atoms with Gasteiger partial charge in [-0.15, -0.1) is 0 Å². The Morgan fingerprint density at radius 2 is 0.711 bits per heavy atom. The third-order valence-corrected chi connectivity index (χ3v) is 18.1. The highest BCUT2D eigenvalue weighted by Gasteiger charge is 2.44. The largest absolute Gasteiger partial charge is 0.394 e. The summed E-state index contributed by atoms with van der Waals surface area (Å²) in [4.78, 5) is 13.2. The zero-order valence-corrected chi connectivity index (χ0v) is 55.2. The van der Waals surface area contributed by atoms with Crippen LogP contribution in [-0.2, 0) is 14.3 Å². The molecule has 0 aliphatic carbocycles. The Bertz CT molecular complexity index is 1360. The second kappa shape index (κ2) is 63.7. The average Bonchev–Trinajstić information content (AvgIpc) is 3.61. The van der Waals surface area contributed by atoms with E-state index < -0.39 is 49.5 Å². The van der Waals surface area contributed by atoms with Crippen molar-refractivity contribution in [3.05, 3.63) is 24.3 Å². The van der Waals surface area contributed by atoms with Gasteiger partial charge in [-0.2, -0.15) is 0 Å². The predicted octanol–water partition coefficient (Wildman–Crippen LogP) is 20.4. The molecule has 83 heavy (non-hydrogen) atoms. The minimum Gasteiger partial charge on any atom is -0.394 e. The molecular formula is C74H143NO8. The van der Waals surface area contributed by atoms with Gasteiger partial charge in [-0.1, -0.05) is 359 Å². The molecule has 9 nitrogen and oxygen atoms in total. The number of allylic oxidation sites excluding steroid dienone is 4. The van der Waals surface area contributed by atoms with Crippen LogP contribution in [-0.4, -0.2) is 87.5 Å². The molecule has 7 atom stereocenters. The molecule has 0 aromatic rings. The third kappa shape index (κ3) is 52.3. The van der Waals surface area contributed by atoms with Crippen molar-refractivity contribution in [1.29, 1.82) is 0 Å². The number of amides is 1. The van der Waals surface area contributed by atoms with E-state index in [1.54, 1.807) is 0 Å². The molecule has 0 radical (unpaired) electrons. The number of aliphatic hydroxyl groups excluding tert-OH is 5. The molecule has 0 aromatic carbocycles. The fraction of sp³-hybridized carbons (Fsp3) is 0.932. The van der Waals surface area contributed by atoms with Crippen LogP contribution in [0.2, 0.25) is 0 Å². The number of hydrogen-bond donors (Lipinski definition) is 6. The quantitative estimate of drug-likeness (QED) is 0.0261. The van der Waals surface area contributed by atoms with Crippen LogP contribution in [0.5, 0.6) is 0 Å². The minimum atomic E-state index is -1.55. The molecule has 1 amide bonds. The van der Waals surface area contributed by atoms with E-state index in [0.29, 0.717) is 12.8 Å². The van der Waals surface area contributed by atoms with E-state index in [1.807, 2.05) is 0 Å². The lowest BCUT2D eigenvalue weighted by molar-refractivity contribution is -0.302. The van der Waals surface area contributed by atoms with Crippen molar-refractivity contribution in [2.75, 3.05) is 13.2 Å². The van der Waals surface area contributed by atoms with Gasteiger partial charge in [0.1, 0.15) is 24.4 Å². The molecule has 6 N–H and O–H groups in total. The van der Waals surface area contributed by atoms with Gasteiger partial charge in [0, 0.05) is 6.42 Å². The molecular weight excluding hydrogens is 1030 g/mol. The van der Waals surface area contributed by atoms with Crippen LogP contribution in [0.15, 0.2) is 24.3 Å². The van der Waals surface area contributed by atoms with Crippen molar-refractivity contribution in [2.45, 2.75) is 429 Å². The third-order valence-electron chi connectivity index (χ3n) is 18.1. The van der Waals surface area contributed by atoms with E-state index >= 15 is 0 Å². The molecule has 492 valence electrons. The second-order valence-corrected chi connectivity index (χ2v) is 26.1. The van der Waals surface area contributed by atoms with E-state index in [9.17, 15) is 30.3 Å². The summed E-state index contributed by atoms with van der Waals surface area (Å²) in [6, 6.07) is -0.718. The number of hydrogen-bond acceptors (Lipinski definition) is 8. The van der Waals surface area contributed by atoms with Gasteiger partial charge in [0.2, 0.25) is 5.91 Å². The maximum absolute atomic E-state index is 13.2. The number of unbranched alkanes of at least 4 members (excludes halogenated alkanes) is 52. The summed E-state index contributed by atoms with van der Waals surface area (Å²) in [5.41, 5.74) is 0. The number of carbonyl (C=O) groups excluding carboxylic acids is 1. The first-order chi connectivity index (χ1) is 40.8. The first-order valence-electron chi connectivity index (χ1n) is 37.0. The van der Waals surface area contributed by atoms with Gasteiger partial charge in [-0.05, 0) is 44.9 Å². The van der Waals surface area contributed by atoms with Crippen molar-refractivity contribution in [2.24, 2.45) is 0 Å². The van der Waals surface area contributed by atoms with Crippen LogP contribution < -0.4 is 5.32 Å². The highest BCUT2D eigenvalue weighted by molar-refractivity contribution is 5.76. The van der Waals surface area contributed by atoms with E-state index in [0.717, 1.165) is 44.9 Å². The van der Waals surface area contributed by atoms with E-state index in [1.165, 1.54) is 315 Å². The fourth-order valence-electron chi connectivity index (χ4n) is 12.3. The average molecular weight is 1170 g/mol. The topological polar surface area (TPSA) is 149 Å². The van der Waals surface area contributed by atoms with Gasteiger partial charge in [0.05, 0.1) is 25.4 Å². The van der Waals surface area contributed by atoms with Crippen LogP contribution >= 0.6 is 0 Å². The SMILES string of the molecule is CCCCCCC/C=C\C/C=C\CCCCCCCCCCCCCCCCCCCCCC(=O)NC(COC1OC(CO)C(O)C(O)C1O)C(O)CCCCCCCCCCCCCCCCCCCCCCCCCCCCCCC.